The lowest BCUT2D eigenvalue weighted by atomic mass is 10.2. The van der Waals surface area contributed by atoms with Gasteiger partial charge in [0.15, 0.2) is 0 Å². The van der Waals surface area contributed by atoms with Crippen LogP contribution in [0, 0.1) is 13.8 Å². The molecule has 0 bridgehead atoms. The molecule has 3 aromatic rings. The number of amides is 3. The Hall–Kier alpha value is -3.48. The molecule has 1 aliphatic heterocycles. The highest BCUT2D eigenvalue weighted by molar-refractivity contribution is 6.13. The first-order valence-corrected chi connectivity index (χ1v) is 9.06. The van der Waals surface area contributed by atoms with Gasteiger partial charge in [-0.2, -0.15) is 0 Å². The van der Waals surface area contributed by atoms with Crippen LogP contribution in [-0.4, -0.2) is 32.3 Å². The zero-order chi connectivity index (χ0) is 20.0. The van der Waals surface area contributed by atoms with Gasteiger partial charge in [-0.25, -0.2) is 9.78 Å². The van der Waals surface area contributed by atoms with Gasteiger partial charge in [-0.15, -0.1) is 0 Å². The van der Waals surface area contributed by atoms with Gasteiger partial charge in [0.25, 0.3) is 11.5 Å². The van der Waals surface area contributed by atoms with E-state index in [4.69, 9.17) is 0 Å². The minimum absolute atomic E-state index is 0.0373. The van der Waals surface area contributed by atoms with Crippen molar-refractivity contribution in [3.63, 3.8) is 0 Å². The fourth-order valence-corrected chi connectivity index (χ4v) is 3.46. The van der Waals surface area contributed by atoms with Gasteiger partial charge in [-0.1, -0.05) is 23.8 Å². The number of carbonyl (C=O) groups is 2. The second-order valence-corrected chi connectivity index (χ2v) is 7.06. The van der Waals surface area contributed by atoms with Crippen molar-refractivity contribution in [3.05, 3.63) is 75.8 Å². The average Bonchev–Trinajstić information content (AvgIpc) is 2.87. The van der Waals surface area contributed by atoms with Crippen LogP contribution >= 0.6 is 0 Å². The van der Waals surface area contributed by atoms with Gasteiger partial charge < -0.3 is 0 Å². The van der Waals surface area contributed by atoms with Crippen LogP contribution in [0.3, 0.4) is 0 Å². The molecule has 0 N–H and O–H groups in total. The Balaban J connectivity index is 1.68. The van der Waals surface area contributed by atoms with Gasteiger partial charge in [0.1, 0.15) is 11.7 Å². The Morgan fingerprint density at radius 3 is 2.46 bits per heavy atom. The topological polar surface area (TPSA) is 75.0 Å². The molecule has 1 saturated heterocycles. The van der Waals surface area contributed by atoms with Crippen molar-refractivity contribution >= 4 is 23.3 Å². The number of pyridine rings is 1. The molecule has 1 fully saturated rings. The number of urea groups is 1. The fraction of sp³-hybridized carbons (Fsp3) is 0.238. The molecule has 4 rings (SSSR count). The molecule has 0 radical (unpaired) electrons. The van der Waals surface area contributed by atoms with Crippen molar-refractivity contribution in [2.75, 3.05) is 4.90 Å². The molecule has 7 heteroatoms. The van der Waals surface area contributed by atoms with Gasteiger partial charge >= 0.3 is 6.03 Å². The molecule has 2 aromatic heterocycles. The second-order valence-electron chi connectivity index (χ2n) is 7.06. The molecule has 28 heavy (non-hydrogen) atoms. The monoisotopic (exact) mass is 376 g/mol. The molecule has 3 amide bonds. The van der Waals surface area contributed by atoms with Crippen LogP contribution in [-0.2, 0) is 11.3 Å². The van der Waals surface area contributed by atoms with Crippen molar-refractivity contribution in [1.29, 1.82) is 0 Å². The fourth-order valence-electron chi connectivity index (χ4n) is 3.46. The second kappa shape index (κ2) is 6.60. The van der Waals surface area contributed by atoms with Crippen LogP contribution in [0.5, 0.6) is 0 Å². The van der Waals surface area contributed by atoms with E-state index in [-0.39, 0.29) is 18.0 Å². The van der Waals surface area contributed by atoms with E-state index in [2.05, 4.69) is 4.98 Å². The molecule has 0 aliphatic carbocycles. The largest absolute Gasteiger partial charge is 0.332 e. The van der Waals surface area contributed by atoms with Gasteiger partial charge in [0, 0.05) is 18.0 Å². The number of anilines is 1. The Kier molecular flexibility index (Phi) is 4.22. The van der Waals surface area contributed by atoms with Crippen LogP contribution in [0.1, 0.15) is 23.7 Å². The van der Waals surface area contributed by atoms with E-state index in [9.17, 15) is 14.4 Å². The van der Waals surface area contributed by atoms with Crippen LogP contribution in [0.2, 0.25) is 0 Å². The molecule has 1 atom stereocenters. The normalized spacial score (nSPS) is 17.0. The van der Waals surface area contributed by atoms with Crippen LogP contribution in [0.4, 0.5) is 10.5 Å². The standard InChI is InChI=1S/C21H20N4O3/c1-13-6-8-17(9-7-13)25-15(3)20(27)24(21(25)28)12-16-11-18(26)23-10-4-5-14(2)19(23)22-16/h4-11,15H,12H2,1-3H3/t15-/m1/s1. The Morgan fingerprint density at radius 1 is 1.04 bits per heavy atom. The number of carbonyl (C=O) groups excluding carboxylic acids is 2. The Morgan fingerprint density at radius 2 is 1.75 bits per heavy atom. The highest BCUT2D eigenvalue weighted by Crippen LogP contribution is 2.27. The van der Waals surface area contributed by atoms with Crippen LogP contribution in [0.25, 0.3) is 5.65 Å². The number of hydrogen-bond acceptors (Lipinski definition) is 4. The van der Waals surface area contributed by atoms with E-state index in [1.54, 1.807) is 19.2 Å². The lowest BCUT2D eigenvalue weighted by Crippen LogP contribution is -2.34. The predicted molar refractivity (Wildman–Crippen MR) is 105 cm³/mol. The molecule has 1 aliphatic rings. The van der Waals surface area contributed by atoms with Crippen LogP contribution < -0.4 is 10.5 Å². The summed E-state index contributed by atoms with van der Waals surface area (Å²) in [6, 6.07) is 11.4. The molecule has 1 aromatic carbocycles. The molecule has 3 heterocycles. The van der Waals surface area contributed by atoms with Gasteiger partial charge in [-0.3, -0.25) is 23.8 Å². The number of rotatable bonds is 3. The first-order chi connectivity index (χ1) is 13.4. The van der Waals surface area contributed by atoms with Crippen molar-refractivity contribution in [3.8, 4) is 0 Å². The van der Waals surface area contributed by atoms with Gasteiger partial charge in [0.2, 0.25) is 0 Å². The maximum absolute atomic E-state index is 13.0. The van der Waals surface area contributed by atoms with E-state index >= 15 is 0 Å². The summed E-state index contributed by atoms with van der Waals surface area (Å²) in [6.07, 6.45) is 1.65. The first-order valence-electron chi connectivity index (χ1n) is 9.06. The highest BCUT2D eigenvalue weighted by Gasteiger charge is 2.43. The third-order valence-electron chi connectivity index (χ3n) is 5.02. The highest BCUT2D eigenvalue weighted by atomic mass is 16.2. The minimum atomic E-state index is -0.613. The quantitative estimate of drug-likeness (QED) is 0.659. The maximum Gasteiger partial charge on any atom is 0.332 e. The Bertz CT molecular complexity index is 1150. The molecular weight excluding hydrogens is 356 g/mol. The first kappa shape index (κ1) is 17.9. The molecule has 142 valence electrons. The average molecular weight is 376 g/mol. The minimum Gasteiger partial charge on any atom is -0.282 e. The number of benzene rings is 1. The third kappa shape index (κ3) is 2.85. The molecule has 7 nitrogen and oxygen atoms in total. The summed E-state index contributed by atoms with van der Waals surface area (Å²) in [5.41, 5.74) is 3.25. The molecular formula is C21H20N4O3. The maximum atomic E-state index is 13.0. The summed E-state index contributed by atoms with van der Waals surface area (Å²) < 4.78 is 1.45. The van der Waals surface area contributed by atoms with Crippen molar-refractivity contribution in [2.24, 2.45) is 0 Å². The van der Waals surface area contributed by atoms with Crippen molar-refractivity contribution in [1.82, 2.24) is 14.3 Å². The van der Waals surface area contributed by atoms with Gasteiger partial charge in [0.05, 0.1) is 12.2 Å². The smallest absolute Gasteiger partial charge is 0.282 e. The van der Waals surface area contributed by atoms with Crippen LogP contribution in [0.15, 0.2) is 53.5 Å². The van der Waals surface area contributed by atoms with Crippen molar-refractivity contribution < 1.29 is 9.59 Å². The summed E-state index contributed by atoms with van der Waals surface area (Å²) in [7, 11) is 0. The van der Waals surface area contributed by atoms with E-state index in [1.165, 1.54) is 15.4 Å². The number of aryl methyl sites for hydroxylation is 2. The number of nitrogens with zero attached hydrogens (tertiary/aromatic N) is 4. The Labute approximate surface area is 161 Å². The SMILES string of the molecule is Cc1ccc(N2C(=O)N(Cc3cc(=O)n4cccc(C)c4n3)C(=O)[C@H]2C)cc1. The summed E-state index contributed by atoms with van der Waals surface area (Å²) >= 11 is 0. The molecule has 0 saturated carbocycles. The lowest BCUT2D eigenvalue weighted by molar-refractivity contribution is -0.127. The van der Waals surface area contributed by atoms with Crippen molar-refractivity contribution in [2.45, 2.75) is 33.4 Å². The van der Waals surface area contributed by atoms with E-state index in [0.29, 0.717) is 17.0 Å². The van der Waals surface area contributed by atoms with E-state index in [0.717, 1.165) is 16.0 Å². The summed E-state index contributed by atoms with van der Waals surface area (Å²) in [5, 5.41) is 0. The number of hydrogen-bond donors (Lipinski definition) is 0. The van der Waals surface area contributed by atoms with Gasteiger partial charge in [-0.05, 0) is 44.5 Å². The third-order valence-corrected chi connectivity index (χ3v) is 5.02. The van der Waals surface area contributed by atoms with E-state index < -0.39 is 12.1 Å². The van der Waals surface area contributed by atoms with E-state index in [1.807, 2.05) is 44.2 Å². The number of imide groups is 1. The zero-order valence-electron chi connectivity index (χ0n) is 15.9. The summed E-state index contributed by atoms with van der Waals surface area (Å²) in [4.78, 5) is 45.2. The zero-order valence-corrected chi connectivity index (χ0v) is 15.9. The molecule has 0 unspecified atom stereocenters. The molecule has 0 spiro atoms. The number of aromatic nitrogens is 2. The summed E-state index contributed by atoms with van der Waals surface area (Å²) in [5.74, 6) is -0.308. The summed E-state index contributed by atoms with van der Waals surface area (Å²) in [6.45, 7) is 5.48. The lowest BCUT2D eigenvalue weighted by Gasteiger charge is -2.19. The predicted octanol–water partition coefficient (Wildman–Crippen LogP) is 2.67. The number of fused-ring (bicyclic) bond motifs is 1.